The van der Waals surface area contributed by atoms with Crippen molar-refractivity contribution in [2.45, 2.75) is 32.4 Å². The highest BCUT2D eigenvalue weighted by Crippen LogP contribution is 2.25. The van der Waals surface area contributed by atoms with Gasteiger partial charge in [0.2, 0.25) is 0 Å². The van der Waals surface area contributed by atoms with Crippen LogP contribution >= 0.6 is 0 Å². The third-order valence-corrected chi connectivity index (χ3v) is 4.32. The molecule has 1 aromatic carbocycles. The van der Waals surface area contributed by atoms with Crippen LogP contribution in [-0.2, 0) is 0 Å². The van der Waals surface area contributed by atoms with Gasteiger partial charge in [0.1, 0.15) is 0 Å². The highest BCUT2D eigenvalue weighted by atomic mass is 15.3. The molecular weight excluding hydrogens is 246 g/mol. The van der Waals surface area contributed by atoms with Crippen molar-refractivity contribution in [2.75, 3.05) is 39.8 Å². The maximum absolute atomic E-state index is 3.61. The van der Waals surface area contributed by atoms with Gasteiger partial charge in [-0.3, -0.25) is 4.90 Å². The minimum atomic E-state index is 0.530. The summed E-state index contributed by atoms with van der Waals surface area (Å²) in [6.07, 6.45) is 1.20. The molecule has 0 spiro atoms. The van der Waals surface area contributed by atoms with Gasteiger partial charge in [0, 0.05) is 38.3 Å². The minimum absolute atomic E-state index is 0.530. The standard InChI is InChI=1S/C17H29N3/c1-4-16(18-5-2)13-20-12-11-19(3)14-17(20)15-9-7-6-8-10-15/h6-10,16-18H,4-5,11-14H2,1-3H3. The van der Waals surface area contributed by atoms with Crippen molar-refractivity contribution in [1.82, 2.24) is 15.1 Å². The normalized spacial score (nSPS) is 22.9. The van der Waals surface area contributed by atoms with Gasteiger partial charge < -0.3 is 10.2 Å². The molecule has 0 radical (unpaired) electrons. The predicted octanol–water partition coefficient (Wildman–Crippen LogP) is 2.36. The second-order valence-corrected chi connectivity index (χ2v) is 5.85. The molecule has 2 rings (SSSR count). The molecule has 3 nitrogen and oxygen atoms in total. The van der Waals surface area contributed by atoms with Crippen molar-refractivity contribution in [2.24, 2.45) is 0 Å². The Labute approximate surface area is 124 Å². The number of likely N-dealkylation sites (N-methyl/N-ethyl adjacent to an activating group) is 2. The number of nitrogens with zero attached hydrogens (tertiary/aromatic N) is 2. The molecule has 1 heterocycles. The van der Waals surface area contributed by atoms with Crippen LogP contribution in [0, 0.1) is 0 Å². The Morgan fingerprint density at radius 3 is 2.60 bits per heavy atom. The monoisotopic (exact) mass is 275 g/mol. The molecule has 1 saturated heterocycles. The van der Waals surface area contributed by atoms with Crippen molar-refractivity contribution in [3.63, 3.8) is 0 Å². The lowest BCUT2D eigenvalue weighted by Crippen LogP contribution is -2.51. The molecule has 3 heteroatoms. The van der Waals surface area contributed by atoms with Crippen molar-refractivity contribution in [3.8, 4) is 0 Å². The molecule has 20 heavy (non-hydrogen) atoms. The smallest absolute Gasteiger partial charge is 0.0476 e. The van der Waals surface area contributed by atoms with Gasteiger partial charge in [-0.2, -0.15) is 0 Å². The number of hydrogen-bond acceptors (Lipinski definition) is 3. The van der Waals surface area contributed by atoms with E-state index >= 15 is 0 Å². The first kappa shape index (κ1) is 15.5. The fraction of sp³-hybridized carbons (Fsp3) is 0.647. The highest BCUT2D eigenvalue weighted by Gasteiger charge is 2.27. The lowest BCUT2D eigenvalue weighted by Gasteiger charge is -2.42. The summed E-state index contributed by atoms with van der Waals surface area (Å²) in [5, 5.41) is 3.61. The van der Waals surface area contributed by atoms with E-state index in [0.717, 1.165) is 26.2 Å². The Kier molecular flexibility index (Phi) is 6.02. The maximum Gasteiger partial charge on any atom is 0.0476 e. The molecule has 112 valence electrons. The summed E-state index contributed by atoms with van der Waals surface area (Å²) < 4.78 is 0. The van der Waals surface area contributed by atoms with Gasteiger partial charge in [-0.25, -0.2) is 0 Å². The highest BCUT2D eigenvalue weighted by molar-refractivity contribution is 5.20. The Balaban J connectivity index is 2.08. The van der Waals surface area contributed by atoms with E-state index in [2.05, 4.69) is 66.3 Å². The molecular formula is C17H29N3. The van der Waals surface area contributed by atoms with E-state index in [0.29, 0.717) is 12.1 Å². The first-order chi connectivity index (χ1) is 9.74. The SMILES string of the molecule is CCNC(CC)CN1CCN(C)CC1c1ccccc1. The Bertz CT molecular complexity index is 379. The number of hydrogen-bond donors (Lipinski definition) is 1. The molecule has 0 aromatic heterocycles. The van der Waals surface area contributed by atoms with Crippen LogP contribution in [0.1, 0.15) is 31.9 Å². The van der Waals surface area contributed by atoms with Crippen LogP contribution in [0.4, 0.5) is 0 Å². The van der Waals surface area contributed by atoms with Crippen LogP contribution in [0.25, 0.3) is 0 Å². The summed E-state index contributed by atoms with van der Waals surface area (Å²) in [4.78, 5) is 5.11. The Morgan fingerprint density at radius 2 is 1.95 bits per heavy atom. The molecule has 1 aromatic rings. The zero-order valence-electron chi connectivity index (χ0n) is 13.2. The average Bonchev–Trinajstić information content (AvgIpc) is 2.49. The van der Waals surface area contributed by atoms with Gasteiger partial charge in [-0.05, 0) is 25.6 Å². The van der Waals surface area contributed by atoms with Crippen LogP contribution in [0.15, 0.2) is 30.3 Å². The summed E-state index contributed by atoms with van der Waals surface area (Å²) in [7, 11) is 2.23. The second kappa shape index (κ2) is 7.77. The first-order valence-corrected chi connectivity index (χ1v) is 7.95. The number of benzene rings is 1. The van der Waals surface area contributed by atoms with Crippen molar-refractivity contribution < 1.29 is 0 Å². The molecule has 0 saturated carbocycles. The lowest BCUT2D eigenvalue weighted by molar-refractivity contribution is 0.0801. The average molecular weight is 275 g/mol. The van der Waals surface area contributed by atoms with Gasteiger partial charge in [0.25, 0.3) is 0 Å². The molecule has 0 bridgehead atoms. The minimum Gasteiger partial charge on any atom is -0.313 e. The van der Waals surface area contributed by atoms with Crippen molar-refractivity contribution in [1.29, 1.82) is 0 Å². The zero-order valence-corrected chi connectivity index (χ0v) is 13.2. The molecule has 1 aliphatic heterocycles. The van der Waals surface area contributed by atoms with E-state index in [1.54, 1.807) is 0 Å². The third-order valence-electron chi connectivity index (χ3n) is 4.32. The quantitative estimate of drug-likeness (QED) is 0.860. The van der Waals surface area contributed by atoms with Crippen LogP contribution in [-0.4, -0.2) is 55.6 Å². The summed E-state index contributed by atoms with van der Waals surface area (Å²) in [6, 6.07) is 12.1. The van der Waals surface area contributed by atoms with Gasteiger partial charge >= 0.3 is 0 Å². The van der Waals surface area contributed by atoms with Crippen LogP contribution < -0.4 is 5.32 Å². The summed E-state index contributed by atoms with van der Waals surface area (Å²) >= 11 is 0. The molecule has 2 atom stereocenters. The number of nitrogens with one attached hydrogen (secondary N) is 1. The Hall–Kier alpha value is -0.900. The third kappa shape index (κ3) is 4.05. The van der Waals surface area contributed by atoms with Crippen molar-refractivity contribution in [3.05, 3.63) is 35.9 Å². The van der Waals surface area contributed by atoms with E-state index < -0.39 is 0 Å². The first-order valence-electron chi connectivity index (χ1n) is 7.95. The fourth-order valence-corrected chi connectivity index (χ4v) is 3.08. The molecule has 1 N–H and O–H groups in total. The number of piperazine rings is 1. The van der Waals surface area contributed by atoms with Crippen LogP contribution in [0.5, 0.6) is 0 Å². The van der Waals surface area contributed by atoms with Gasteiger partial charge in [0.05, 0.1) is 0 Å². The lowest BCUT2D eigenvalue weighted by atomic mass is 10.0. The predicted molar refractivity (Wildman–Crippen MR) is 86.0 cm³/mol. The second-order valence-electron chi connectivity index (χ2n) is 5.85. The topological polar surface area (TPSA) is 18.5 Å². The molecule has 0 amide bonds. The summed E-state index contributed by atoms with van der Waals surface area (Å²) in [5.41, 5.74) is 1.45. The van der Waals surface area contributed by atoms with Crippen LogP contribution in [0.3, 0.4) is 0 Å². The van der Waals surface area contributed by atoms with E-state index in [9.17, 15) is 0 Å². The van der Waals surface area contributed by atoms with Crippen molar-refractivity contribution >= 4 is 0 Å². The van der Waals surface area contributed by atoms with Gasteiger partial charge in [-0.15, -0.1) is 0 Å². The van der Waals surface area contributed by atoms with E-state index in [1.807, 2.05) is 0 Å². The number of rotatable bonds is 6. The maximum atomic E-state index is 3.61. The van der Waals surface area contributed by atoms with Crippen LogP contribution in [0.2, 0.25) is 0 Å². The Morgan fingerprint density at radius 1 is 1.20 bits per heavy atom. The molecule has 2 unspecified atom stereocenters. The largest absolute Gasteiger partial charge is 0.313 e. The zero-order chi connectivity index (χ0) is 14.4. The summed E-state index contributed by atoms with van der Waals surface area (Å²) in [5.74, 6) is 0. The van der Waals surface area contributed by atoms with E-state index in [-0.39, 0.29) is 0 Å². The molecule has 0 aliphatic carbocycles. The van der Waals surface area contributed by atoms with E-state index in [4.69, 9.17) is 0 Å². The van der Waals surface area contributed by atoms with E-state index in [1.165, 1.54) is 18.5 Å². The fourth-order valence-electron chi connectivity index (χ4n) is 3.08. The van der Waals surface area contributed by atoms with Gasteiger partial charge in [-0.1, -0.05) is 44.2 Å². The van der Waals surface area contributed by atoms with Gasteiger partial charge in [0.15, 0.2) is 0 Å². The molecule has 1 aliphatic rings. The molecule has 1 fully saturated rings. The summed E-state index contributed by atoms with van der Waals surface area (Å²) in [6.45, 7) is 10.2.